The van der Waals surface area contributed by atoms with Crippen LogP contribution in [-0.4, -0.2) is 29.3 Å². The number of anilines is 1. The van der Waals surface area contributed by atoms with Crippen LogP contribution in [0, 0.1) is 11.5 Å². The molecule has 1 N–H and O–H groups in total. The van der Waals surface area contributed by atoms with E-state index in [1.54, 1.807) is 24.3 Å². The van der Waals surface area contributed by atoms with Crippen LogP contribution in [0.4, 0.5) is 11.4 Å². The van der Waals surface area contributed by atoms with Crippen molar-refractivity contribution in [3.63, 3.8) is 0 Å². The lowest BCUT2D eigenvalue weighted by molar-refractivity contribution is -0.121. The van der Waals surface area contributed by atoms with Crippen LogP contribution in [0.5, 0.6) is 5.75 Å². The Hall–Kier alpha value is -3.02. The van der Waals surface area contributed by atoms with E-state index in [2.05, 4.69) is 10.3 Å². The van der Waals surface area contributed by atoms with Crippen LogP contribution in [0.3, 0.4) is 0 Å². The number of hydrogen-bond donors (Lipinski definition) is 1. The van der Waals surface area contributed by atoms with Gasteiger partial charge in [-0.2, -0.15) is 5.26 Å². The van der Waals surface area contributed by atoms with E-state index in [9.17, 15) is 9.59 Å². The maximum Gasteiger partial charge on any atom is 0.247 e. The second kappa shape index (κ2) is 8.78. The minimum atomic E-state index is -0.698. The number of imide groups is 1. The van der Waals surface area contributed by atoms with Crippen molar-refractivity contribution in [2.75, 3.05) is 12.0 Å². The molecule has 28 heavy (non-hydrogen) atoms. The highest BCUT2D eigenvalue weighted by Gasteiger charge is 2.41. The number of halogens is 1. The summed E-state index contributed by atoms with van der Waals surface area (Å²) >= 11 is 7.15. The van der Waals surface area contributed by atoms with Gasteiger partial charge in [0.1, 0.15) is 11.0 Å². The van der Waals surface area contributed by atoms with Gasteiger partial charge in [0.05, 0.1) is 23.5 Å². The van der Waals surface area contributed by atoms with Crippen molar-refractivity contribution in [1.82, 2.24) is 5.32 Å². The number of hydrogen-bond acceptors (Lipinski definition) is 6. The van der Waals surface area contributed by atoms with Crippen LogP contribution in [0.15, 0.2) is 53.5 Å². The van der Waals surface area contributed by atoms with Crippen molar-refractivity contribution in [2.45, 2.75) is 11.7 Å². The number of thioether (sulfide) groups is 1. The number of carbonyl (C=O) groups excluding carboxylic acids is 2. The summed E-state index contributed by atoms with van der Waals surface area (Å²) in [7, 11) is 1.48. The van der Waals surface area contributed by atoms with Crippen molar-refractivity contribution in [3.05, 3.63) is 53.6 Å². The fourth-order valence-electron chi connectivity index (χ4n) is 2.65. The molecule has 142 valence electrons. The first kappa shape index (κ1) is 19.7. The fraction of sp³-hybridized carbons (Fsp3) is 0.158. The Labute approximate surface area is 170 Å². The first-order valence-electron chi connectivity index (χ1n) is 8.19. The van der Waals surface area contributed by atoms with Gasteiger partial charge in [0.25, 0.3) is 0 Å². The van der Waals surface area contributed by atoms with Crippen LogP contribution in [0.25, 0.3) is 0 Å². The molecule has 0 radical (unpaired) electrons. The zero-order valence-electron chi connectivity index (χ0n) is 14.8. The number of nitrogens with one attached hydrogen (secondary N) is 1. The summed E-state index contributed by atoms with van der Waals surface area (Å²) in [6.07, 6.45) is 1.80. The number of methoxy groups -OCH3 is 1. The van der Waals surface area contributed by atoms with Gasteiger partial charge in [0, 0.05) is 6.42 Å². The lowest BCUT2D eigenvalue weighted by Crippen LogP contribution is -2.32. The maximum absolute atomic E-state index is 12.8. The first-order valence-corrected chi connectivity index (χ1v) is 9.45. The third kappa shape index (κ3) is 4.27. The number of nitrogens with zero attached hydrogens (tertiary/aromatic N) is 3. The average molecular weight is 415 g/mol. The van der Waals surface area contributed by atoms with E-state index in [-0.39, 0.29) is 17.5 Å². The van der Waals surface area contributed by atoms with E-state index < -0.39 is 11.2 Å². The number of para-hydroxylation sites is 1. The minimum Gasteiger partial charge on any atom is -0.495 e. The molecule has 2 amide bonds. The van der Waals surface area contributed by atoms with E-state index in [0.717, 1.165) is 16.7 Å². The van der Waals surface area contributed by atoms with Gasteiger partial charge in [-0.05, 0) is 30.3 Å². The highest BCUT2D eigenvalue weighted by atomic mass is 35.5. The van der Waals surface area contributed by atoms with E-state index >= 15 is 0 Å². The molecule has 7 nitrogen and oxygen atoms in total. The molecule has 1 aliphatic heterocycles. The molecule has 1 atom stereocenters. The number of amides is 2. The van der Waals surface area contributed by atoms with Gasteiger partial charge >= 0.3 is 0 Å². The monoisotopic (exact) mass is 414 g/mol. The van der Waals surface area contributed by atoms with Gasteiger partial charge in [-0.25, -0.2) is 9.89 Å². The molecule has 1 unspecified atom stereocenters. The molecule has 0 aliphatic carbocycles. The number of aliphatic imine (C=N–C) groups is 1. The normalized spacial score (nSPS) is 16.8. The molecule has 2 aromatic rings. The molecule has 3 rings (SSSR count). The molecule has 9 heteroatoms. The van der Waals surface area contributed by atoms with E-state index in [4.69, 9.17) is 21.6 Å². The second-order valence-corrected chi connectivity index (χ2v) is 7.28. The largest absolute Gasteiger partial charge is 0.495 e. The van der Waals surface area contributed by atoms with Gasteiger partial charge in [-0.15, -0.1) is 0 Å². The van der Waals surface area contributed by atoms with Crippen molar-refractivity contribution in [3.8, 4) is 11.9 Å². The summed E-state index contributed by atoms with van der Waals surface area (Å²) in [5.74, 6) is -0.289. The lowest BCUT2D eigenvalue weighted by Gasteiger charge is -2.16. The zero-order valence-corrected chi connectivity index (χ0v) is 16.3. The van der Waals surface area contributed by atoms with Gasteiger partial charge in [-0.3, -0.25) is 14.9 Å². The summed E-state index contributed by atoms with van der Waals surface area (Å²) in [6, 6.07) is 13.7. The number of benzene rings is 2. The molecule has 1 saturated heterocycles. The zero-order chi connectivity index (χ0) is 20.1. The maximum atomic E-state index is 12.8. The van der Waals surface area contributed by atoms with Crippen LogP contribution in [0.1, 0.15) is 6.42 Å². The molecule has 1 fully saturated rings. The number of amidine groups is 1. The molecule has 0 saturated carbocycles. The van der Waals surface area contributed by atoms with Crippen LogP contribution in [0.2, 0.25) is 5.02 Å². The smallest absolute Gasteiger partial charge is 0.247 e. The van der Waals surface area contributed by atoms with E-state index in [0.29, 0.717) is 22.1 Å². The van der Waals surface area contributed by atoms with Crippen molar-refractivity contribution < 1.29 is 14.3 Å². The van der Waals surface area contributed by atoms with E-state index in [1.807, 2.05) is 24.4 Å². The quantitative estimate of drug-likeness (QED) is 0.270. The molecular formula is C19H15ClN4O3S. The minimum absolute atomic E-state index is 0.00589. The molecule has 1 heterocycles. The molecule has 0 bridgehead atoms. The predicted octanol–water partition coefficient (Wildman–Crippen LogP) is 3.47. The van der Waals surface area contributed by atoms with E-state index in [1.165, 1.54) is 13.2 Å². The third-order valence-electron chi connectivity index (χ3n) is 3.90. The van der Waals surface area contributed by atoms with Crippen molar-refractivity contribution >= 4 is 51.7 Å². The number of carbonyl (C=O) groups is 2. The number of rotatable bonds is 4. The lowest BCUT2D eigenvalue weighted by atomic mass is 10.3. The van der Waals surface area contributed by atoms with Crippen molar-refractivity contribution in [2.24, 2.45) is 4.99 Å². The first-order chi connectivity index (χ1) is 13.5. The van der Waals surface area contributed by atoms with Gasteiger partial charge in [0.2, 0.25) is 11.8 Å². The molecule has 0 aromatic heterocycles. The molecular weight excluding hydrogens is 400 g/mol. The Bertz CT molecular complexity index is 975. The van der Waals surface area contributed by atoms with Gasteiger partial charge < -0.3 is 4.74 Å². The standard InChI is InChI=1S/C19H15ClN4O3S/c1-27-15-8-7-13(9-14(15)20)24-17(25)10-16(18(24)26)28-19(22-11-21)23-12-5-3-2-4-6-12/h2-9,16H,10H2,1H3,(H,22,23). The third-order valence-corrected chi connectivity index (χ3v) is 5.27. The summed E-state index contributed by atoms with van der Waals surface area (Å²) in [5, 5.41) is 11.3. The van der Waals surface area contributed by atoms with Gasteiger partial charge in [0.15, 0.2) is 11.4 Å². The summed E-state index contributed by atoms with van der Waals surface area (Å²) in [5.41, 5.74) is 1.00. The average Bonchev–Trinajstić information content (AvgIpc) is 2.96. The Morgan fingerprint density at radius 3 is 2.71 bits per heavy atom. The predicted molar refractivity (Wildman–Crippen MR) is 109 cm³/mol. The number of ether oxygens (including phenoxy) is 1. The number of nitriles is 1. The summed E-state index contributed by atoms with van der Waals surface area (Å²) in [4.78, 5) is 30.7. The summed E-state index contributed by atoms with van der Waals surface area (Å²) < 4.78 is 5.09. The SMILES string of the molecule is COc1ccc(N2C(=O)CC(SC(=Nc3ccccc3)NC#N)C2=O)cc1Cl. The second-order valence-electron chi connectivity index (χ2n) is 5.69. The van der Waals surface area contributed by atoms with Crippen LogP contribution < -0.4 is 15.0 Å². The highest BCUT2D eigenvalue weighted by Crippen LogP contribution is 2.34. The topological polar surface area (TPSA) is 94.8 Å². The highest BCUT2D eigenvalue weighted by molar-refractivity contribution is 8.15. The Morgan fingerprint density at radius 1 is 1.32 bits per heavy atom. The Morgan fingerprint density at radius 2 is 2.07 bits per heavy atom. The van der Waals surface area contributed by atoms with Crippen molar-refractivity contribution in [1.29, 1.82) is 5.26 Å². The van der Waals surface area contributed by atoms with Crippen LogP contribution >= 0.6 is 23.4 Å². The Kier molecular flexibility index (Phi) is 6.19. The molecule has 2 aromatic carbocycles. The van der Waals surface area contributed by atoms with Gasteiger partial charge in [-0.1, -0.05) is 41.6 Å². The fourth-order valence-corrected chi connectivity index (χ4v) is 3.86. The molecule has 0 spiro atoms. The Balaban J connectivity index is 1.81. The summed E-state index contributed by atoms with van der Waals surface area (Å²) in [6.45, 7) is 0. The van der Waals surface area contributed by atoms with Crippen LogP contribution in [-0.2, 0) is 9.59 Å². The molecule has 1 aliphatic rings.